The third-order valence-corrected chi connectivity index (χ3v) is 9.49. The van der Waals surface area contributed by atoms with Crippen molar-refractivity contribution < 1.29 is 62.0 Å². The summed E-state index contributed by atoms with van der Waals surface area (Å²) in [6.45, 7) is 14.4. The first-order chi connectivity index (χ1) is 30.2. The molecule has 19 nitrogen and oxygen atoms in total. The van der Waals surface area contributed by atoms with Gasteiger partial charge in [-0.3, -0.25) is 25.1 Å². The van der Waals surface area contributed by atoms with E-state index in [9.17, 15) is 33.6 Å². The minimum Gasteiger partial charge on any atom is -0.496 e. The number of carbonyl (C=O) groups is 7. The molecule has 1 aliphatic rings. The summed E-state index contributed by atoms with van der Waals surface area (Å²) in [5, 5.41) is 18.6. The van der Waals surface area contributed by atoms with E-state index in [2.05, 4.69) is 32.8 Å². The smallest absolute Gasteiger partial charge is 0.415 e. The van der Waals surface area contributed by atoms with Gasteiger partial charge in [0.1, 0.15) is 28.9 Å². The summed E-state index contributed by atoms with van der Waals surface area (Å²) in [5.41, 5.74) is -0.253. The van der Waals surface area contributed by atoms with E-state index in [-0.39, 0.29) is 45.2 Å². The number of aromatic nitrogens is 1. The molecule has 4 amide bonds. The number of nitrogens with one attached hydrogen (secondary N) is 5. The lowest BCUT2D eigenvalue weighted by Crippen LogP contribution is -2.47. The van der Waals surface area contributed by atoms with Gasteiger partial charge in [-0.15, -0.1) is 0 Å². The highest BCUT2D eigenvalue weighted by Gasteiger charge is 2.31. The van der Waals surface area contributed by atoms with Gasteiger partial charge in [0.25, 0.3) is 11.8 Å². The molecule has 3 aromatic rings. The van der Waals surface area contributed by atoms with Crippen LogP contribution in [0.4, 0.5) is 15.3 Å². The number of benzene rings is 2. The van der Waals surface area contributed by atoms with Crippen molar-refractivity contribution in [2.75, 3.05) is 25.8 Å². The summed E-state index contributed by atoms with van der Waals surface area (Å²) >= 11 is 0. The number of ether oxygens (including phenoxy) is 6. The second-order valence-corrected chi connectivity index (χ2v) is 15.7. The molecule has 0 spiro atoms. The molecule has 4 rings (SSSR count). The average molecular weight is 887 g/mol. The van der Waals surface area contributed by atoms with Crippen LogP contribution in [-0.2, 0) is 33.3 Å². The van der Waals surface area contributed by atoms with Crippen molar-refractivity contribution in [3.63, 3.8) is 0 Å². The Bertz CT molecular complexity index is 2270. The molecule has 2 aromatic carbocycles. The van der Waals surface area contributed by atoms with Crippen LogP contribution in [0.2, 0.25) is 0 Å². The Morgan fingerprint density at radius 2 is 1.61 bits per heavy atom. The van der Waals surface area contributed by atoms with Crippen LogP contribution in [-0.4, -0.2) is 91.1 Å². The lowest BCUT2D eigenvalue weighted by molar-refractivity contribution is -0.162. The van der Waals surface area contributed by atoms with Gasteiger partial charge < -0.3 is 44.4 Å². The Kier molecular flexibility index (Phi) is 17.1. The second kappa shape index (κ2) is 22.2. The van der Waals surface area contributed by atoms with Crippen molar-refractivity contribution in [2.45, 2.75) is 85.7 Å². The van der Waals surface area contributed by atoms with E-state index < -0.39 is 78.2 Å². The summed E-state index contributed by atoms with van der Waals surface area (Å²) in [5.74, 6) is -4.01. The molecule has 1 heterocycles. The number of esters is 3. The Balaban J connectivity index is 1.64. The highest BCUT2D eigenvalue weighted by atomic mass is 16.7. The highest BCUT2D eigenvalue weighted by molar-refractivity contribution is 6.11. The monoisotopic (exact) mass is 886 g/mol. The minimum absolute atomic E-state index is 0.0108. The second-order valence-electron chi connectivity index (χ2n) is 15.7. The molecule has 5 N–H and O–H groups in total. The predicted molar refractivity (Wildman–Crippen MR) is 232 cm³/mol. The van der Waals surface area contributed by atoms with Gasteiger partial charge in [-0.25, -0.2) is 24.2 Å². The normalized spacial score (nSPS) is 13.4. The van der Waals surface area contributed by atoms with Crippen LogP contribution >= 0.6 is 0 Å². The van der Waals surface area contributed by atoms with Gasteiger partial charge in [0.2, 0.25) is 13.1 Å². The van der Waals surface area contributed by atoms with E-state index in [4.69, 9.17) is 33.8 Å². The number of alkyl carbamates (subject to hydrolysis) is 2. The van der Waals surface area contributed by atoms with Crippen molar-refractivity contribution in [3.05, 3.63) is 83.2 Å². The average Bonchev–Trinajstić information content (AvgIpc) is 4.07. The number of methoxy groups -OCH3 is 1. The van der Waals surface area contributed by atoms with E-state index in [1.165, 1.54) is 68.6 Å². The predicted octanol–water partition coefficient (Wildman–Crippen LogP) is 6.35. The molecular formula is C45H54N6O13. The number of pyridine rings is 1. The topological polar surface area (TPSA) is 260 Å². The Labute approximate surface area is 370 Å². The fourth-order valence-corrected chi connectivity index (χ4v) is 5.89. The van der Waals surface area contributed by atoms with Crippen molar-refractivity contribution in [3.8, 4) is 16.9 Å². The van der Waals surface area contributed by atoms with Gasteiger partial charge >= 0.3 is 30.1 Å². The van der Waals surface area contributed by atoms with E-state index in [1.54, 1.807) is 27.7 Å². The molecule has 0 aliphatic heterocycles. The Morgan fingerprint density at radius 1 is 0.922 bits per heavy atom. The maximum absolute atomic E-state index is 14.1. The first-order valence-electron chi connectivity index (χ1n) is 20.4. The zero-order valence-electron chi connectivity index (χ0n) is 37.0. The zero-order valence-corrected chi connectivity index (χ0v) is 37.0. The van der Waals surface area contributed by atoms with Gasteiger partial charge in [0.05, 0.1) is 7.11 Å². The molecular weight excluding hydrogens is 833 g/mol. The van der Waals surface area contributed by atoms with Crippen LogP contribution in [0.25, 0.3) is 17.2 Å². The third kappa shape index (κ3) is 14.4. The summed E-state index contributed by atoms with van der Waals surface area (Å²) in [4.78, 5) is 94.7. The Hall–Kier alpha value is -7.31. The maximum atomic E-state index is 14.1. The quantitative estimate of drug-likeness (QED) is 0.0307. The number of carbonyl (C=O) groups excluding carboxylic acids is 7. The summed E-state index contributed by atoms with van der Waals surface area (Å²) < 4.78 is 31.2. The number of hydrogen-bond donors (Lipinski definition) is 5. The SMILES string of the molecule is C=Cc1cc(C(=O)Nc2ccc(C(=N)NC(=O)OC(C)OC(C)=O)cc2)c(-c2ccc(C(=O)NCC3CC3)nc2C(=O)OCOC(=O)[C@@H](NC(=O)OC(C)(C)C)[C@@H](C)CC)cc1OC. The lowest BCUT2D eigenvalue weighted by Gasteiger charge is -2.25. The van der Waals surface area contributed by atoms with Crippen LogP contribution in [0.15, 0.2) is 55.1 Å². The van der Waals surface area contributed by atoms with Crippen molar-refractivity contribution in [1.29, 1.82) is 5.41 Å². The standard InChI is InChI=1S/C45H54N6O13/c1-10-24(3)36(50-44(58)64-45(6,7)8)41(55)60-23-61-42(56)37-31(18-19-34(49-37)40(54)47-22-27-12-13-27)32-21-35(59-9)28(11-2)20-33(32)39(53)48-30-16-14-29(15-17-30)38(46)51-43(57)63-26(5)62-25(4)52/h11,14-21,24,26-27,36H,2,10,12-13,22-23H2,1,3-9H3,(H,47,54)(H,48,53)(H,50,58)(H2,46,51,57)/t24-,26?,36-/m0/s1. The van der Waals surface area contributed by atoms with Crippen molar-refractivity contribution >= 4 is 59.5 Å². The molecule has 64 heavy (non-hydrogen) atoms. The molecule has 1 aliphatic carbocycles. The molecule has 0 saturated heterocycles. The fraction of sp³-hybridized carbons (Fsp3) is 0.400. The van der Waals surface area contributed by atoms with Crippen LogP contribution in [0.5, 0.6) is 5.75 Å². The van der Waals surface area contributed by atoms with Crippen molar-refractivity contribution in [1.82, 2.24) is 20.9 Å². The molecule has 342 valence electrons. The minimum atomic E-state index is -1.19. The number of amidine groups is 1. The third-order valence-electron chi connectivity index (χ3n) is 9.49. The van der Waals surface area contributed by atoms with Gasteiger partial charge in [-0.1, -0.05) is 32.9 Å². The van der Waals surface area contributed by atoms with E-state index in [0.717, 1.165) is 19.8 Å². The number of rotatable bonds is 18. The first kappa shape index (κ1) is 49.3. The molecule has 1 aromatic heterocycles. The number of nitrogens with zero attached hydrogens (tertiary/aromatic N) is 1. The van der Waals surface area contributed by atoms with Crippen molar-refractivity contribution in [2.24, 2.45) is 11.8 Å². The van der Waals surface area contributed by atoms with Gasteiger partial charge in [-0.2, -0.15) is 0 Å². The molecule has 0 radical (unpaired) electrons. The summed E-state index contributed by atoms with van der Waals surface area (Å²) in [6.07, 6.45) is 0.834. The molecule has 0 bridgehead atoms. The number of hydrogen-bond acceptors (Lipinski definition) is 15. The molecule has 1 saturated carbocycles. The molecule has 1 unspecified atom stereocenters. The van der Waals surface area contributed by atoms with Gasteiger partial charge in [0, 0.05) is 53.9 Å². The largest absolute Gasteiger partial charge is 0.496 e. The van der Waals surface area contributed by atoms with E-state index in [0.29, 0.717) is 24.4 Å². The number of anilines is 1. The lowest BCUT2D eigenvalue weighted by atomic mass is 9.94. The molecule has 1 fully saturated rings. The van der Waals surface area contributed by atoms with Crippen LogP contribution < -0.4 is 26.0 Å². The number of amides is 4. The fourth-order valence-electron chi connectivity index (χ4n) is 5.89. The van der Waals surface area contributed by atoms with Gasteiger partial charge in [-0.05, 0) is 94.0 Å². The maximum Gasteiger partial charge on any atom is 0.415 e. The summed E-state index contributed by atoms with van der Waals surface area (Å²) in [7, 11) is 1.40. The molecule has 19 heteroatoms. The highest BCUT2D eigenvalue weighted by Crippen LogP contribution is 2.35. The van der Waals surface area contributed by atoms with E-state index in [1.807, 2.05) is 6.92 Å². The van der Waals surface area contributed by atoms with Gasteiger partial charge in [0.15, 0.2) is 5.69 Å². The summed E-state index contributed by atoms with van der Waals surface area (Å²) in [6, 6.07) is 10.5. The van der Waals surface area contributed by atoms with Crippen LogP contribution in [0.3, 0.4) is 0 Å². The Morgan fingerprint density at radius 3 is 2.20 bits per heavy atom. The van der Waals surface area contributed by atoms with E-state index >= 15 is 0 Å². The van der Waals surface area contributed by atoms with Crippen LogP contribution in [0.1, 0.15) is 110 Å². The molecule has 3 atom stereocenters. The zero-order chi connectivity index (χ0) is 47.3. The van der Waals surface area contributed by atoms with Crippen LogP contribution in [0, 0.1) is 17.2 Å². The first-order valence-corrected chi connectivity index (χ1v) is 20.4.